The number of aromatic nitrogens is 12. The van der Waals surface area contributed by atoms with Gasteiger partial charge < -0.3 is 55.8 Å². The van der Waals surface area contributed by atoms with Gasteiger partial charge in [0.15, 0.2) is 0 Å². The smallest absolute Gasteiger partial charge is 0.228 e. The van der Waals surface area contributed by atoms with Crippen LogP contribution in [0.3, 0.4) is 0 Å². The molecule has 6 aromatic carbocycles. The Morgan fingerprint density at radius 2 is 0.428 bits per heavy atom. The molecule has 0 aliphatic carbocycles. The number of aryl methyl sites for hydroxylation is 8. The number of hydrogen-bond acceptors (Lipinski definition) is 12. The van der Waals surface area contributed by atoms with E-state index in [1.807, 2.05) is 92.0 Å². The molecular formula is C114H126N18O6. The van der Waals surface area contributed by atoms with E-state index >= 15 is 0 Å². The first-order chi connectivity index (χ1) is 89.0. The summed E-state index contributed by atoms with van der Waals surface area (Å²) in [5.74, 6) is -6.00. The second-order valence-corrected chi connectivity index (χ2v) is 31.7. The molecule has 12 aromatic heterocycles. The number of carbonyl (C=O) groups excluding carboxylic acids is 6. The van der Waals surface area contributed by atoms with Crippen molar-refractivity contribution in [1.29, 1.82) is 0 Å². The third-order valence-electron chi connectivity index (χ3n) is 20.6. The molecule has 24 nitrogen and oxygen atoms in total. The summed E-state index contributed by atoms with van der Waals surface area (Å²) < 4.78 is 453. The highest BCUT2D eigenvalue weighted by molar-refractivity contribution is 5.87. The van der Waals surface area contributed by atoms with Gasteiger partial charge in [-0.25, -0.2) is 29.9 Å². The van der Waals surface area contributed by atoms with Crippen molar-refractivity contribution in [3.05, 3.63) is 356 Å². The van der Waals surface area contributed by atoms with Crippen molar-refractivity contribution in [3.8, 4) is 67.5 Å². The molecule has 0 aliphatic heterocycles. The molecule has 24 heteroatoms. The lowest BCUT2D eigenvalue weighted by molar-refractivity contribution is -0.128. The third-order valence-corrected chi connectivity index (χ3v) is 20.6. The lowest BCUT2D eigenvalue weighted by Crippen LogP contribution is -2.24. The fourth-order valence-corrected chi connectivity index (χ4v) is 13.6. The molecule has 0 bridgehead atoms. The number of likely N-dealkylation sites (N-methyl/N-ethyl adjacent to an activating group) is 6. The summed E-state index contributed by atoms with van der Waals surface area (Å²) in [5.41, 5.74) is 5.74. The molecule has 0 spiro atoms. The predicted molar refractivity (Wildman–Crippen MR) is 555 cm³/mol. The average Bonchev–Trinajstić information content (AvgIpc) is 1.61. The van der Waals surface area contributed by atoms with Crippen LogP contribution >= 0.6 is 0 Å². The summed E-state index contributed by atoms with van der Waals surface area (Å²) in [7, 11) is 6.52. The van der Waals surface area contributed by atoms with Gasteiger partial charge in [0.2, 0.25) is 35.4 Å². The van der Waals surface area contributed by atoms with Crippen molar-refractivity contribution in [2.24, 2.45) is 0 Å². The number of pyridine rings is 6. The first-order valence-electron chi connectivity index (χ1n) is 70.3. The highest BCUT2D eigenvalue weighted by Crippen LogP contribution is 2.34. The van der Waals surface area contributed by atoms with Gasteiger partial charge in [-0.2, -0.15) is 0 Å². The molecule has 0 aliphatic rings. The fraction of sp³-hybridized carbons (Fsp3) is 0.263. The van der Waals surface area contributed by atoms with Gasteiger partial charge in [0.05, 0.1) is 129 Å². The fourth-order valence-electron chi connectivity index (χ4n) is 13.6. The zero-order valence-electron chi connectivity index (χ0n) is 133. The largest absolute Gasteiger partial charge is 0.348 e. The van der Waals surface area contributed by atoms with Crippen molar-refractivity contribution in [3.63, 3.8) is 0 Å². The van der Waals surface area contributed by atoms with Gasteiger partial charge in [-0.3, -0.25) is 28.8 Å². The van der Waals surface area contributed by atoms with Gasteiger partial charge in [-0.15, -0.1) is 0 Å². The van der Waals surface area contributed by atoms with Crippen LogP contribution in [0, 0.1) is 82.7 Å². The first-order valence-corrected chi connectivity index (χ1v) is 41.6. The maximum Gasteiger partial charge on any atom is 0.228 e. The van der Waals surface area contributed by atoms with Crippen LogP contribution in [0.25, 0.3) is 101 Å². The van der Waals surface area contributed by atoms with E-state index in [2.05, 4.69) is 29.9 Å². The number of nitrogens with zero attached hydrogens (tertiary/aromatic N) is 18. The first kappa shape index (κ1) is 49.2. The number of benzene rings is 6. The van der Waals surface area contributed by atoms with Gasteiger partial charge in [0.25, 0.3) is 0 Å². The number of carbonyl (C=O) groups is 6. The van der Waals surface area contributed by atoms with Crippen LogP contribution in [0.2, 0.25) is 0 Å². The number of rotatable bonds is 18. The van der Waals surface area contributed by atoms with Crippen molar-refractivity contribution >= 4 is 69.3 Å². The minimum atomic E-state index is -3.40. The molecule has 2 atom stereocenters. The van der Waals surface area contributed by atoms with Crippen LogP contribution in [0.5, 0.6) is 0 Å². The van der Waals surface area contributed by atoms with E-state index in [0.717, 1.165) is 60.2 Å². The lowest BCUT2D eigenvalue weighted by Gasteiger charge is -2.11. The molecule has 0 fully saturated rings. The molecule has 0 saturated carbocycles. The van der Waals surface area contributed by atoms with Crippen molar-refractivity contribution in [1.82, 2.24) is 85.7 Å². The standard InChI is InChI=1S/6C19H21N3O/c6*1-13-5-8-15(9-6-13)19-16(11-18(23)21(3)4)22-12-14(2)7-10-17(22)20-19/h6*5-10,12H,11H2,1-4H3/i1D3,2D3,3D3,4D3,5D,6D,8D,9D;2D3,3D3,4D3,5D,6D,8D,9D;1D3,3D3,4D3,5D,6D,8D,9D;3D3,4D3,5D,6D,8D,9D;2D3,11D;11D. The summed E-state index contributed by atoms with van der Waals surface area (Å²) in [6.07, 6.45) is 3.00. The van der Waals surface area contributed by atoms with Gasteiger partial charge in [-0.05, 0) is 153 Å². The van der Waals surface area contributed by atoms with E-state index in [4.69, 9.17) is 78.1 Å². The molecule has 0 radical (unpaired) electrons. The molecular weight excluding hydrogens is 1720 g/mol. The zero-order chi connectivity index (χ0) is 148. The normalized spacial score (nSPS) is 18.6. The minimum absolute atomic E-state index is 0.0492. The summed E-state index contributed by atoms with van der Waals surface area (Å²) in [6, 6.07) is 24.6. The van der Waals surface area contributed by atoms with Crippen molar-refractivity contribution < 1.29 is 107 Å². The van der Waals surface area contributed by atoms with Crippen molar-refractivity contribution in [2.45, 2.75) is 121 Å². The number of imidazole rings is 6. The Morgan fingerprint density at radius 1 is 0.232 bits per heavy atom. The Labute approximate surface area is 889 Å². The van der Waals surface area contributed by atoms with E-state index in [1.165, 1.54) is 81.2 Å². The lowest BCUT2D eigenvalue weighted by atomic mass is 10.1. The molecule has 2 unspecified atom stereocenters. The highest BCUT2D eigenvalue weighted by Gasteiger charge is 2.26. The van der Waals surface area contributed by atoms with E-state index in [9.17, 15) is 28.8 Å². The van der Waals surface area contributed by atoms with E-state index < -0.39 is 246 Å². The molecule has 12 heterocycles. The molecule has 0 N–H and O–H groups in total. The quantitative estimate of drug-likeness (QED) is 0.0782. The maximum atomic E-state index is 13.1. The van der Waals surface area contributed by atoms with Crippen LogP contribution in [0.4, 0.5) is 0 Å². The molecule has 18 aromatic rings. The van der Waals surface area contributed by atoms with E-state index in [-0.39, 0.29) is 158 Å². The van der Waals surface area contributed by atoms with Crippen LogP contribution in [0.1, 0.15) is 179 Å². The third kappa shape index (κ3) is 24.1. The Bertz CT molecular complexity index is 10100. The minimum Gasteiger partial charge on any atom is -0.348 e. The van der Waals surface area contributed by atoms with Gasteiger partial charge >= 0.3 is 0 Å². The number of fused-ring (bicyclic) bond motifs is 6. The molecule has 6 amide bonds. The highest BCUT2D eigenvalue weighted by atomic mass is 16.2. The van der Waals surface area contributed by atoms with E-state index in [0.29, 0.717) is 39.6 Å². The zero-order valence-corrected chi connectivity index (χ0v) is 76.0. The molecule has 0 saturated heterocycles. The summed E-state index contributed by atoms with van der Waals surface area (Å²) in [6.45, 7) is -27.7. The van der Waals surface area contributed by atoms with Crippen LogP contribution in [-0.4, -0.2) is 205 Å². The molecule has 18 rings (SSSR count). The summed E-state index contributed by atoms with van der Waals surface area (Å²) >= 11 is 0. The van der Waals surface area contributed by atoms with Gasteiger partial charge in [-0.1, -0.05) is 215 Å². The topological polar surface area (TPSA) is 226 Å². The average molecular weight is 1900 g/mol. The second-order valence-electron chi connectivity index (χ2n) is 31.7. The molecule has 138 heavy (non-hydrogen) atoms. The van der Waals surface area contributed by atoms with E-state index in [1.54, 1.807) is 76.9 Å². The van der Waals surface area contributed by atoms with Gasteiger partial charge in [0, 0.05) is 211 Å². The molecule has 708 valence electrons. The summed E-state index contributed by atoms with van der Waals surface area (Å²) in [4.78, 5) is 105. The summed E-state index contributed by atoms with van der Waals surface area (Å²) in [5, 5.41) is 0. The maximum absolute atomic E-state index is 13.1. The Hall–Kier alpha value is -15.7. The Balaban J connectivity index is 0.000000189. The van der Waals surface area contributed by atoms with Crippen LogP contribution in [0.15, 0.2) is 255 Å². The predicted octanol–water partition coefficient (Wildman–Crippen LogP) is 19.5. The van der Waals surface area contributed by atoms with Gasteiger partial charge in [0.1, 0.15) is 33.9 Å². The second kappa shape index (κ2) is 43.7. The Morgan fingerprint density at radius 3 is 0.645 bits per heavy atom. The Kier molecular flexibility index (Phi) is 15.6. The monoisotopic (exact) mass is 1900 g/mol. The van der Waals surface area contributed by atoms with Crippen LogP contribution in [-0.2, 0) is 67.2 Å². The van der Waals surface area contributed by atoms with Crippen molar-refractivity contribution in [2.75, 3.05) is 84.0 Å². The SMILES string of the molecule is [2H]C(C(=O)N(C)C)c1c(-c2ccc(C)cc2)nc2ccc(C([2H])([2H])[2H])cn12.[2H]C(C(=O)N(C)C)c1c(-c2ccc(C)cc2)nc2ccc(C)cn12.[2H]c1c([2H])c(-c2nc3ccc(C([2H])([2H])[2H])cn3c2CC(=O)N(C([2H])([2H])[2H])C([2H])([2H])[2H])c([2H])c([2H])c1C.[2H]c1c([2H])c(-c2nc3ccc(C)cn3c2CC(=O)N(C([2H])([2H])[2H])C([2H])([2H])[2H])c([2H])c([2H])c1C.[2H]c1c([2H])c(C([2H])([2H])[2H])c([2H])c([2H])c1-c1nc2ccc(C([2H])([2H])[2H])cn2c1CC(=O)N(C([2H])([2H])[2H])C([2H])([2H])[2H].[2H]c1c([2H])c(C([2H])([2H])[2H])c([2H])c([2H])c1-c1nc2ccc(C)cn2c1CC(=O)N(C([2H])([2H])[2H])C([2H])([2H])[2H]. The number of amides is 6. The van der Waals surface area contributed by atoms with Crippen LogP contribution < -0.4 is 0 Å². The number of hydrogen-bond donors (Lipinski definition) is 0.